The van der Waals surface area contributed by atoms with E-state index >= 15 is 0 Å². The number of H-pyrrole nitrogens is 2. The Hall–Kier alpha value is -3.74. The van der Waals surface area contributed by atoms with E-state index in [-0.39, 0.29) is 5.96 Å². The van der Waals surface area contributed by atoms with Gasteiger partial charge in [0.2, 0.25) is 5.96 Å². The van der Waals surface area contributed by atoms with E-state index in [1.54, 1.807) is 13.3 Å². The third-order valence-corrected chi connectivity index (χ3v) is 4.99. The molecule has 0 bridgehead atoms. The van der Waals surface area contributed by atoms with Crippen molar-refractivity contribution in [2.75, 3.05) is 7.11 Å². The molecule has 2 aromatic heterocycles. The summed E-state index contributed by atoms with van der Waals surface area (Å²) in [7, 11) is 1.67. The Morgan fingerprint density at radius 1 is 1.17 bits per heavy atom. The first kappa shape index (κ1) is 18.6. The Bertz CT molecular complexity index is 1200. The Morgan fingerprint density at radius 2 is 2.03 bits per heavy atom. The SMILES string of the molecule is COc1ccc2[nH]c(C)c(C/C=N/NC(N)=NCc3c[nH]c4ccccc34)c2c1. The molecular formula is C22H24N6O. The molecule has 4 aromatic rings. The van der Waals surface area contributed by atoms with Crippen molar-refractivity contribution in [3.8, 4) is 5.75 Å². The van der Waals surface area contributed by atoms with Gasteiger partial charge in [0.25, 0.3) is 0 Å². The van der Waals surface area contributed by atoms with Crippen molar-refractivity contribution in [2.24, 2.45) is 15.8 Å². The highest BCUT2D eigenvalue weighted by atomic mass is 16.5. The van der Waals surface area contributed by atoms with E-state index in [0.29, 0.717) is 13.0 Å². The van der Waals surface area contributed by atoms with Crippen LogP contribution >= 0.6 is 0 Å². The van der Waals surface area contributed by atoms with Gasteiger partial charge in [0.05, 0.1) is 13.7 Å². The third-order valence-electron chi connectivity index (χ3n) is 4.99. The number of rotatable bonds is 6. The molecule has 7 nitrogen and oxygen atoms in total. The number of nitrogens with two attached hydrogens (primary N) is 1. The van der Waals surface area contributed by atoms with Gasteiger partial charge in [-0.2, -0.15) is 5.10 Å². The number of guanidine groups is 1. The largest absolute Gasteiger partial charge is 0.497 e. The second kappa shape index (κ2) is 8.10. The predicted octanol–water partition coefficient (Wildman–Crippen LogP) is 3.60. The van der Waals surface area contributed by atoms with Gasteiger partial charge in [-0.15, -0.1) is 0 Å². The van der Waals surface area contributed by atoms with Crippen LogP contribution in [0.3, 0.4) is 0 Å². The summed E-state index contributed by atoms with van der Waals surface area (Å²) >= 11 is 0. The fourth-order valence-electron chi connectivity index (χ4n) is 3.47. The molecule has 4 rings (SSSR count). The molecule has 0 unspecified atom stereocenters. The zero-order valence-electron chi connectivity index (χ0n) is 16.5. The second-order valence-electron chi connectivity index (χ2n) is 6.83. The van der Waals surface area contributed by atoms with E-state index in [2.05, 4.69) is 38.5 Å². The predicted molar refractivity (Wildman–Crippen MR) is 119 cm³/mol. The quantitative estimate of drug-likeness (QED) is 0.230. The minimum Gasteiger partial charge on any atom is -0.497 e. The van der Waals surface area contributed by atoms with Gasteiger partial charge in [0.15, 0.2) is 0 Å². The van der Waals surface area contributed by atoms with Crippen LogP contribution in [0.2, 0.25) is 0 Å². The van der Waals surface area contributed by atoms with Crippen molar-refractivity contribution in [3.05, 3.63) is 65.5 Å². The zero-order chi connectivity index (χ0) is 20.2. The minimum atomic E-state index is 0.281. The first-order chi connectivity index (χ1) is 14.2. The average Bonchev–Trinajstić information content (AvgIpc) is 3.29. The van der Waals surface area contributed by atoms with Crippen molar-refractivity contribution in [1.82, 2.24) is 15.4 Å². The van der Waals surface area contributed by atoms with Gasteiger partial charge in [0, 0.05) is 46.3 Å². The number of hydrogen-bond donors (Lipinski definition) is 4. The normalized spacial score (nSPS) is 12.3. The number of aliphatic imine (C=N–C) groups is 1. The molecule has 0 spiro atoms. The number of aromatic amines is 2. The molecule has 29 heavy (non-hydrogen) atoms. The number of aromatic nitrogens is 2. The summed E-state index contributed by atoms with van der Waals surface area (Å²) < 4.78 is 5.33. The number of ether oxygens (including phenoxy) is 1. The lowest BCUT2D eigenvalue weighted by Crippen LogP contribution is -2.27. The number of nitrogens with zero attached hydrogens (tertiary/aromatic N) is 2. The summed E-state index contributed by atoms with van der Waals surface area (Å²) in [4.78, 5) is 11.0. The Labute approximate surface area is 168 Å². The van der Waals surface area contributed by atoms with E-state index in [4.69, 9.17) is 10.5 Å². The van der Waals surface area contributed by atoms with E-state index in [1.165, 1.54) is 5.56 Å². The average molecular weight is 388 g/mol. The Morgan fingerprint density at radius 3 is 2.90 bits per heavy atom. The molecular weight excluding hydrogens is 364 g/mol. The van der Waals surface area contributed by atoms with Gasteiger partial charge in [0.1, 0.15) is 5.75 Å². The highest BCUT2D eigenvalue weighted by molar-refractivity contribution is 5.88. The van der Waals surface area contributed by atoms with Crippen LogP contribution in [0.5, 0.6) is 5.75 Å². The van der Waals surface area contributed by atoms with E-state index in [9.17, 15) is 0 Å². The summed E-state index contributed by atoms with van der Waals surface area (Å²) in [6.07, 6.45) is 4.42. The van der Waals surface area contributed by atoms with E-state index < -0.39 is 0 Å². The number of methoxy groups -OCH3 is 1. The number of aryl methyl sites for hydroxylation is 1. The van der Waals surface area contributed by atoms with Crippen molar-refractivity contribution < 1.29 is 4.74 Å². The van der Waals surface area contributed by atoms with Crippen molar-refractivity contribution >= 4 is 34.0 Å². The molecule has 0 saturated heterocycles. The first-order valence-corrected chi connectivity index (χ1v) is 9.43. The highest BCUT2D eigenvalue weighted by Gasteiger charge is 2.08. The van der Waals surface area contributed by atoms with Crippen LogP contribution < -0.4 is 15.9 Å². The van der Waals surface area contributed by atoms with Crippen LogP contribution in [0.15, 0.2) is 58.8 Å². The number of hydrazone groups is 1. The maximum absolute atomic E-state index is 5.94. The number of hydrogen-bond acceptors (Lipinski definition) is 3. The van der Waals surface area contributed by atoms with Crippen LogP contribution in [0.1, 0.15) is 16.8 Å². The molecule has 148 valence electrons. The highest BCUT2D eigenvalue weighted by Crippen LogP contribution is 2.26. The lowest BCUT2D eigenvalue weighted by molar-refractivity contribution is 0.415. The summed E-state index contributed by atoms with van der Waals surface area (Å²) in [5, 5.41) is 6.50. The molecule has 0 saturated carbocycles. The van der Waals surface area contributed by atoms with Gasteiger partial charge in [-0.25, -0.2) is 10.4 Å². The van der Waals surface area contributed by atoms with Crippen LogP contribution in [0.25, 0.3) is 21.8 Å². The number of para-hydroxylation sites is 1. The topological polar surface area (TPSA) is 104 Å². The minimum absolute atomic E-state index is 0.281. The molecule has 0 aliphatic carbocycles. The summed E-state index contributed by atoms with van der Waals surface area (Å²) in [5.74, 6) is 1.12. The molecule has 2 heterocycles. The van der Waals surface area contributed by atoms with Gasteiger partial charge in [-0.05, 0) is 42.3 Å². The van der Waals surface area contributed by atoms with Gasteiger partial charge in [-0.1, -0.05) is 18.2 Å². The van der Waals surface area contributed by atoms with Crippen LogP contribution in [0, 0.1) is 6.92 Å². The number of nitrogens with one attached hydrogen (secondary N) is 3. The zero-order valence-corrected chi connectivity index (χ0v) is 16.5. The molecule has 2 aromatic carbocycles. The van der Waals surface area contributed by atoms with Gasteiger partial charge < -0.3 is 20.4 Å². The van der Waals surface area contributed by atoms with Crippen LogP contribution in [0.4, 0.5) is 0 Å². The summed E-state index contributed by atoms with van der Waals surface area (Å²) in [5.41, 5.74) is 14.3. The molecule has 5 N–H and O–H groups in total. The van der Waals surface area contributed by atoms with Crippen LogP contribution in [-0.2, 0) is 13.0 Å². The van der Waals surface area contributed by atoms with Gasteiger partial charge in [-0.3, -0.25) is 0 Å². The molecule has 7 heteroatoms. The Kier molecular flexibility index (Phi) is 5.20. The standard InChI is InChI=1S/C22H24N6O/c1-14-17(19-11-16(29-2)7-8-21(19)27-14)9-10-26-28-22(23)25-13-15-12-24-20-6-4-3-5-18(15)20/h3-8,10-12,24,27H,9,13H2,1-2H3,(H3,23,25,28)/b26-10+. The lowest BCUT2D eigenvalue weighted by Gasteiger charge is -2.01. The molecule has 0 fully saturated rings. The summed E-state index contributed by atoms with van der Waals surface area (Å²) in [6, 6.07) is 14.1. The van der Waals surface area contributed by atoms with E-state index in [1.807, 2.05) is 42.6 Å². The monoisotopic (exact) mass is 388 g/mol. The first-order valence-electron chi connectivity index (χ1n) is 9.43. The fraction of sp³-hybridized carbons (Fsp3) is 0.182. The molecule has 0 aliphatic heterocycles. The lowest BCUT2D eigenvalue weighted by atomic mass is 10.1. The molecule has 0 radical (unpaired) electrons. The van der Waals surface area contributed by atoms with Crippen LogP contribution in [-0.4, -0.2) is 29.3 Å². The van der Waals surface area contributed by atoms with Crippen molar-refractivity contribution in [3.63, 3.8) is 0 Å². The molecule has 0 aliphatic rings. The second-order valence-corrected chi connectivity index (χ2v) is 6.83. The Balaban J connectivity index is 1.39. The van der Waals surface area contributed by atoms with E-state index in [0.717, 1.165) is 38.8 Å². The smallest absolute Gasteiger partial charge is 0.209 e. The van der Waals surface area contributed by atoms with Gasteiger partial charge >= 0.3 is 0 Å². The fourth-order valence-corrected chi connectivity index (χ4v) is 3.47. The number of fused-ring (bicyclic) bond motifs is 2. The molecule has 0 atom stereocenters. The van der Waals surface area contributed by atoms with Crippen molar-refractivity contribution in [1.29, 1.82) is 0 Å². The number of benzene rings is 2. The third kappa shape index (κ3) is 3.94. The van der Waals surface area contributed by atoms with Crippen molar-refractivity contribution in [2.45, 2.75) is 19.9 Å². The maximum Gasteiger partial charge on any atom is 0.209 e. The summed E-state index contributed by atoms with van der Waals surface area (Å²) in [6.45, 7) is 2.54. The maximum atomic E-state index is 5.94. The molecule has 0 amide bonds.